The number of carbonyl (C=O) groups excluding carboxylic acids is 1. The summed E-state index contributed by atoms with van der Waals surface area (Å²) in [5, 5.41) is 11.7. The first-order chi connectivity index (χ1) is 9.52. The molecule has 2 rings (SSSR count). The van der Waals surface area contributed by atoms with E-state index in [1.807, 2.05) is 6.07 Å². The standard InChI is InChI=1S/C15H13N3O2/c1-9-4-3-5-13(11(9)7-16)18-15(20)12-8-17-10(2)6-14(12)19/h3-6,8H,1-2H3,(H,17,19)(H,18,20). The molecule has 5 heteroatoms. The second-order valence-electron chi connectivity index (χ2n) is 4.46. The fourth-order valence-electron chi connectivity index (χ4n) is 1.86. The van der Waals surface area contributed by atoms with Crippen molar-refractivity contribution in [3.63, 3.8) is 0 Å². The van der Waals surface area contributed by atoms with Crippen molar-refractivity contribution in [3.05, 3.63) is 63.1 Å². The molecule has 2 N–H and O–H groups in total. The first-order valence-electron chi connectivity index (χ1n) is 6.03. The largest absolute Gasteiger partial charge is 0.364 e. The Labute approximate surface area is 115 Å². The molecule has 0 fully saturated rings. The molecule has 0 aliphatic carbocycles. The number of carbonyl (C=O) groups is 1. The quantitative estimate of drug-likeness (QED) is 0.873. The predicted molar refractivity (Wildman–Crippen MR) is 75.6 cm³/mol. The van der Waals surface area contributed by atoms with Crippen LogP contribution in [-0.2, 0) is 0 Å². The summed E-state index contributed by atoms with van der Waals surface area (Å²) in [6, 6.07) is 8.56. The minimum Gasteiger partial charge on any atom is -0.364 e. The number of nitrogens with one attached hydrogen (secondary N) is 2. The zero-order valence-electron chi connectivity index (χ0n) is 11.2. The Morgan fingerprint density at radius 2 is 2.10 bits per heavy atom. The molecule has 0 spiro atoms. The molecule has 1 heterocycles. The van der Waals surface area contributed by atoms with Crippen LogP contribution in [0.1, 0.15) is 27.2 Å². The number of aromatic amines is 1. The van der Waals surface area contributed by atoms with E-state index in [-0.39, 0.29) is 11.0 Å². The minimum absolute atomic E-state index is 0.0148. The number of hydrogen-bond donors (Lipinski definition) is 2. The van der Waals surface area contributed by atoms with Crippen molar-refractivity contribution >= 4 is 11.6 Å². The van der Waals surface area contributed by atoms with Crippen LogP contribution in [-0.4, -0.2) is 10.9 Å². The number of rotatable bonds is 2. The molecule has 0 radical (unpaired) electrons. The summed E-state index contributed by atoms with van der Waals surface area (Å²) in [5.74, 6) is -0.534. The van der Waals surface area contributed by atoms with Crippen LogP contribution in [0.2, 0.25) is 0 Å². The van der Waals surface area contributed by atoms with E-state index in [1.54, 1.807) is 32.0 Å². The van der Waals surface area contributed by atoms with E-state index in [0.717, 1.165) is 5.56 Å². The van der Waals surface area contributed by atoms with E-state index in [0.29, 0.717) is 16.9 Å². The first kappa shape index (κ1) is 13.6. The molecule has 100 valence electrons. The van der Waals surface area contributed by atoms with Crippen LogP contribution in [0.25, 0.3) is 0 Å². The Hall–Kier alpha value is -2.87. The molecule has 0 unspecified atom stereocenters. The number of benzene rings is 1. The molecular formula is C15H13N3O2. The number of nitrogens with zero attached hydrogens (tertiary/aromatic N) is 1. The molecule has 1 aromatic carbocycles. The molecular weight excluding hydrogens is 254 g/mol. The van der Waals surface area contributed by atoms with Gasteiger partial charge in [0.25, 0.3) is 5.91 Å². The highest BCUT2D eigenvalue weighted by atomic mass is 16.2. The summed E-state index contributed by atoms with van der Waals surface area (Å²) < 4.78 is 0. The minimum atomic E-state index is -0.534. The molecule has 20 heavy (non-hydrogen) atoms. The van der Waals surface area contributed by atoms with Crippen molar-refractivity contribution in [2.45, 2.75) is 13.8 Å². The lowest BCUT2D eigenvalue weighted by molar-refractivity contribution is 0.102. The molecule has 5 nitrogen and oxygen atoms in total. The number of amides is 1. The molecule has 0 saturated carbocycles. The first-order valence-corrected chi connectivity index (χ1v) is 6.03. The van der Waals surface area contributed by atoms with E-state index < -0.39 is 5.91 Å². The van der Waals surface area contributed by atoms with Gasteiger partial charge in [0.15, 0.2) is 5.43 Å². The smallest absolute Gasteiger partial charge is 0.261 e. The number of hydrogen-bond acceptors (Lipinski definition) is 3. The van der Waals surface area contributed by atoms with Gasteiger partial charge < -0.3 is 10.3 Å². The molecule has 0 aliphatic heterocycles. The summed E-state index contributed by atoms with van der Waals surface area (Å²) in [6.07, 6.45) is 1.37. The monoisotopic (exact) mass is 267 g/mol. The van der Waals surface area contributed by atoms with Gasteiger partial charge in [-0.2, -0.15) is 5.26 Å². The van der Waals surface area contributed by atoms with Crippen molar-refractivity contribution in [3.8, 4) is 6.07 Å². The van der Waals surface area contributed by atoms with Crippen LogP contribution in [0.3, 0.4) is 0 Å². The lowest BCUT2D eigenvalue weighted by Crippen LogP contribution is -2.22. The highest BCUT2D eigenvalue weighted by molar-refractivity contribution is 6.04. The number of anilines is 1. The van der Waals surface area contributed by atoms with Crippen LogP contribution in [0.5, 0.6) is 0 Å². The van der Waals surface area contributed by atoms with Crippen molar-refractivity contribution in [2.24, 2.45) is 0 Å². The second kappa shape index (κ2) is 5.41. The van der Waals surface area contributed by atoms with Gasteiger partial charge in [-0.05, 0) is 25.5 Å². The second-order valence-corrected chi connectivity index (χ2v) is 4.46. The Morgan fingerprint density at radius 1 is 1.35 bits per heavy atom. The molecule has 0 bridgehead atoms. The Morgan fingerprint density at radius 3 is 2.75 bits per heavy atom. The highest BCUT2D eigenvalue weighted by Crippen LogP contribution is 2.18. The lowest BCUT2D eigenvalue weighted by atomic mass is 10.1. The van der Waals surface area contributed by atoms with Crippen LogP contribution >= 0.6 is 0 Å². The topological polar surface area (TPSA) is 85.8 Å². The van der Waals surface area contributed by atoms with Crippen molar-refractivity contribution < 1.29 is 4.79 Å². The Kier molecular flexibility index (Phi) is 3.67. The maximum absolute atomic E-state index is 12.1. The van der Waals surface area contributed by atoms with Crippen LogP contribution in [0, 0.1) is 25.2 Å². The van der Waals surface area contributed by atoms with E-state index in [4.69, 9.17) is 5.26 Å². The predicted octanol–water partition coefficient (Wildman–Crippen LogP) is 2.12. The third kappa shape index (κ3) is 2.59. The van der Waals surface area contributed by atoms with Gasteiger partial charge in [-0.3, -0.25) is 9.59 Å². The zero-order valence-corrected chi connectivity index (χ0v) is 11.2. The number of H-pyrrole nitrogens is 1. The summed E-state index contributed by atoms with van der Waals surface area (Å²) in [5.41, 5.74) is 1.90. The van der Waals surface area contributed by atoms with Gasteiger partial charge >= 0.3 is 0 Å². The van der Waals surface area contributed by atoms with Crippen molar-refractivity contribution in [1.29, 1.82) is 5.26 Å². The van der Waals surface area contributed by atoms with Gasteiger partial charge in [0.2, 0.25) is 0 Å². The maximum atomic E-state index is 12.1. The van der Waals surface area contributed by atoms with Crippen molar-refractivity contribution in [2.75, 3.05) is 5.32 Å². The third-order valence-electron chi connectivity index (χ3n) is 2.93. The van der Waals surface area contributed by atoms with E-state index in [1.165, 1.54) is 12.3 Å². The van der Waals surface area contributed by atoms with Gasteiger partial charge in [-0.15, -0.1) is 0 Å². The van der Waals surface area contributed by atoms with Crippen LogP contribution < -0.4 is 10.7 Å². The van der Waals surface area contributed by atoms with Gasteiger partial charge in [-0.25, -0.2) is 0 Å². The molecule has 1 aromatic heterocycles. The Bertz CT molecular complexity index is 769. The SMILES string of the molecule is Cc1cc(=O)c(C(=O)Nc2cccc(C)c2C#N)c[nH]1. The lowest BCUT2D eigenvalue weighted by Gasteiger charge is -2.08. The van der Waals surface area contributed by atoms with Crippen LogP contribution in [0.4, 0.5) is 5.69 Å². The fraction of sp³-hybridized carbons (Fsp3) is 0.133. The summed E-state index contributed by atoms with van der Waals surface area (Å²) >= 11 is 0. The Balaban J connectivity index is 2.36. The van der Waals surface area contributed by atoms with E-state index in [2.05, 4.69) is 10.3 Å². The molecule has 2 aromatic rings. The number of pyridine rings is 1. The van der Waals surface area contributed by atoms with E-state index >= 15 is 0 Å². The molecule has 0 saturated heterocycles. The number of nitriles is 1. The third-order valence-corrected chi connectivity index (χ3v) is 2.93. The average molecular weight is 267 g/mol. The van der Waals surface area contributed by atoms with E-state index in [9.17, 15) is 9.59 Å². The maximum Gasteiger partial charge on any atom is 0.261 e. The van der Waals surface area contributed by atoms with Crippen LogP contribution in [0.15, 0.2) is 35.3 Å². The van der Waals surface area contributed by atoms with Gasteiger partial charge in [-0.1, -0.05) is 12.1 Å². The molecule has 0 aliphatic rings. The summed E-state index contributed by atoms with van der Waals surface area (Å²) in [7, 11) is 0. The highest BCUT2D eigenvalue weighted by Gasteiger charge is 2.13. The van der Waals surface area contributed by atoms with Gasteiger partial charge in [0, 0.05) is 18.0 Å². The van der Waals surface area contributed by atoms with Crippen molar-refractivity contribution in [1.82, 2.24) is 4.98 Å². The van der Waals surface area contributed by atoms with Gasteiger partial charge in [0.05, 0.1) is 11.3 Å². The zero-order chi connectivity index (χ0) is 14.7. The summed E-state index contributed by atoms with van der Waals surface area (Å²) in [6.45, 7) is 3.52. The fourth-order valence-corrected chi connectivity index (χ4v) is 1.86. The summed E-state index contributed by atoms with van der Waals surface area (Å²) in [4.78, 5) is 26.7. The average Bonchev–Trinajstić information content (AvgIpc) is 2.38. The number of aromatic nitrogens is 1. The molecule has 0 atom stereocenters. The molecule has 1 amide bonds. The number of aryl methyl sites for hydroxylation is 2. The normalized spacial score (nSPS) is 9.85. The van der Waals surface area contributed by atoms with Gasteiger partial charge in [0.1, 0.15) is 11.6 Å².